The second-order valence-corrected chi connectivity index (χ2v) is 6.61. The first kappa shape index (κ1) is 18.2. The number of likely N-dealkylation sites (tertiary alicyclic amines) is 1. The number of amides is 1. The minimum absolute atomic E-state index is 0.0000296. The van der Waals surface area contributed by atoms with E-state index in [9.17, 15) is 4.79 Å². The SMILES string of the molecule is O=C(c1ccncn1)N1CCCC(OCCc2noc(-c3ccccc3)n2)C1. The Morgan fingerprint density at radius 1 is 1.25 bits per heavy atom. The lowest BCUT2D eigenvalue weighted by Gasteiger charge is -2.32. The van der Waals surface area contributed by atoms with Gasteiger partial charge < -0.3 is 14.2 Å². The van der Waals surface area contributed by atoms with Gasteiger partial charge in [-0.1, -0.05) is 23.4 Å². The summed E-state index contributed by atoms with van der Waals surface area (Å²) in [5.41, 5.74) is 1.31. The van der Waals surface area contributed by atoms with E-state index in [1.165, 1.54) is 6.33 Å². The normalized spacial score (nSPS) is 16.9. The molecule has 0 spiro atoms. The molecule has 3 aromatic rings. The van der Waals surface area contributed by atoms with Crippen LogP contribution in [0.15, 0.2) is 53.4 Å². The summed E-state index contributed by atoms with van der Waals surface area (Å²) in [7, 11) is 0. The molecule has 8 heteroatoms. The third-order valence-corrected chi connectivity index (χ3v) is 4.63. The van der Waals surface area contributed by atoms with Gasteiger partial charge in [0.05, 0.1) is 12.7 Å². The predicted molar refractivity (Wildman–Crippen MR) is 100 cm³/mol. The Bertz CT molecular complexity index is 900. The molecule has 144 valence electrons. The summed E-state index contributed by atoms with van der Waals surface area (Å²) < 4.78 is 11.3. The maximum Gasteiger partial charge on any atom is 0.272 e. The Morgan fingerprint density at radius 3 is 2.96 bits per heavy atom. The summed E-state index contributed by atoms with van der Waals surface area (Å²) >= 11 is 0. The number of aromatic nitrogens is 4. The molecular weight excluding hydrogens is 358 g/mol. The largest absolute Gasteiger partial charge is 0.376 e. The van der Waals surface area contributed by atoms with Crippen molar-refractivity contribution in [3.63, 3.8) is 0 Å². The van der Waals surface area contributed by atoms with Crippen molar-refractivity contribution in [2.24, 2.45) is 0 Å². The van der Waals surface area contributed by atoms with Gasteiger partial charge >= 0.3 is 0 Å². The molecule has 0 aliphatic carbocycles. The first-order valence-electron chi connectivity index (χ1n) is 9.34. The molecule has 1 aromatic carbocycles. The Labute approximate surface area is 162 Å². The van der Waals surface area contributed by atoms with Crippen molar-refractivity contribution < 1.29 is 14.1 Å². The van der Waals surface area contributed by atoms with Crippen LogP contribution in [0, 0.1) is 0 Å². The Kier molecular flexibility index (Phi) is 5.67. The highest BCUT2D eigenvalue weighted by Gasteiger charge is 2.25. The predicted octanol–water partition coefficient (Wildman–Crippen LogP) is 2.39. The molecule has 1 aliphatic rings. The summed E-state index contributed by atoms with van der Waals surface area (Å²) in [5.74, 6) is 1.04. The fourth-order valence-electron chi connectivity index (χ4n) is 3.21. The van der Waals surface area contributed by atoms with E-state index in [2.05, 4.69) is 20.1 Å². The van der Waals surface area contributed by atoms with Crippen molar-refractivity contribution in [3.8, 4) is 11.5 Å². The highest BCUT2D eigenvalue weighted by Crippen LogP contribution is 2.18. The van der Waals surface area contributed by atoms with E-state index in [0.717, 1.165) is 18.4 Å². The quantitative estimate of drug-likeness (QED) is 0.649. The molecule has 28 heavy (non-hydrogen) atoms. The van der Waals surface area contributed by atoms with E-state index in [4.69, 9.17) is 9.26 Å². The van der Waals surface area contributed by atoms with E-state index in [0.29, 0.717) is 43.5 Å². The van der Waals surface area contributed by atoms with Crippen molar-refractivity contribution in [2.75, 3.05) is 19.7 Å². The number of hydrogen-bond donors (Lipinski definition) is 0. The zero-order chi connectivity index (χ0) is 19.2. The van der Waals surface area contributed by atoms with E-state index >= 15 is 0 Å². The smallest absolute Gasteiger partial charge is 0.272 e. The van der Waals surface area contributed by atoms with Gasteiger partial charge in [0.2, 0.25) is 0 Å². The lowest BCUT2D eigenvalue weighted by Crippen LogP contribution is -2.43. The molecular formula is C20H21N5O3. The monoisotopic (exact) mass is 379 g/mol. The van der Waals surface area contributed by atoms with Crippen molar-refractivity contribution in [1.82, 2.24) is 25.0 Å². The van der Waals surface area contributed by atoms with Crippen molar-refractivity contribution in [3.05, 3.63) is 60.4 Å². The van der Waals surface area contributed by atoms with Crippen LogP contribution in [-0.2, 0) is 11.2 Å². The molecule has 0 saturated carbocycles. The first-order valence-corrected chi connectivity index (χ1v) is 9.34. The Morgan fingerprint density at radius 2 is 2.14 bits per heavy atom. The Hall–Kier alpha value is -3.13. The van der Waals surface area contributed by atoms with Crippen molar-refractivity contribution in [1.29, 1.82) is 0 Å². The lowest BCUT2D eigenvalue weighted by atomic mass is 10.1. The van der Waals surface area contributed by atoms with Gasteiger partial charge in [0, 0.05) is 31.3 Å². The third-order valence-electron chi connectivity index (χ3n) is 4.63. The van der Waals surface area contributed by atoms with Gasteiger partial charge in [-0.25, -0.2) is 9.97 Å². The molecule has 1 unspecified atom stereocenters. The number of piperidine rings is 1. The number of carbonyl (C=O) groups excluding carboxylic acids is 1. The highest BCUT2D eigenvalue weighted by molar-refractivity contribution is 5.92. The van der Waals surface area contributed by atoms with Crippen LogP contribution in [0.2, 0.25) is 0 Å². The fraction of sp³-hybridized carbons (Fsp3) is 0.350. The summed E-state index contributed by atoms with van der Waals surface area (Å²) in [6.07, 6.45) is 5.36. The molecule has 8 nitrogen and oxygen atoms in total. The summed E-state index contributed by atoms with van der Waals surface area (Å²) in [5, 5.41) is 4.01. The summed E-state index contributed by atoms with van der Waals surface area (Å²) in [4.78, 5) is 26.6. The van der Waals surface area contributed by atoms with Crippen LogP contribution in [-0.4, -0.2) is 56.7 Å². The molecule has 0 bridgehead atoms. The molecule has 4 rings (SSSR count). The molecule has 3 heterocycles. The van der Waals surface area contributed by atoms with E-state index < -0.39 is 0 Å². The van der Waals surface area contributed by atoms with Gasteiger partial charge in [-0.05, 0) is 31.0 Å². The fourth-order valence-corrected chi connectivity index (χ4v) is 3.21. The molecule has 2 aromatic heterocycles. The maximum atomic E-state index is 12.5. The molecule has 1 saturated heterocycles. The van der Waals surface area contributed by atoms with Crippen LogP contribution in [0.25, 0.3) is 11.5 Å². The van der Waals surface area contributed by atoms with Crippen LogP contribution in [0.5, 0.6) is 0 Å². The summed E-state index contributed by atoms with van der Waals surface area (Å²) in [6.45, 7) is 1.76. The third kappa shape index (κ3) is 4.40. The van der Waals surface area contributed by atoms with E-state index in [1.54, 1.807) is 17.2 Å². The van der Waals surface area contributed by atoms with Gasteiger partial charge in [-0.15, -0.1) is 0 Å². The minimum atomic E-state index is -0.0821. The average Bonchev–Trinajstić information content (AvgIpc) is 3.24. The topological polar surface area (TPSA) is 94.2 Å². The van der Waals surface area contributed by atoms with Crippen LogP contribution in [0.1, 0.15) is 29.2 Å². The first-order chi connectivity index (χ1) is 13.8. The van der Waals surface area contributed by atoms with Crippen LogP contribution >= 0.6 is 0 Å². The van der Waals surface area contributed by atoms with Gasteiger partial charge in [-0.3, -0.25) is 4.79 Å². The molecule has 0 N–H and O–H groups in total. The number of carbonyl (C=O) groups is 1. The maximum absolute atomic E-state index is 12.5. The molecule has 1 amide bonds. The summed E-state index contributed by atoms with van der Waals surface area (Å²) in [6, 6.07) is 11.3. The van der Waals surface area contributed by atoms with Crippen LogP contribution in [0.4, 0.5) is 0 Å². The Balaban J connectivity index is 1.27. The van der Waals surface area contributed by atoms with Gasteiger partial charge in [0.25, 0.3) is 11.8 Å². The van der Waals surface area contributed by atoms with Crippen molar-refractivity contribution >= 4 is 5.91 Å². The number of benzene rings is 1. The second kappa shape index (κ2) is 8.71. The number of rotatable bonds is 6. The number of nitrogens with zero attached hydrogens (tertiary/aromatic N) is 5. The molecule has 1 aliphatic heterocycles. The standard InChI is InChI=1S/C20H21N5O3/c26-20(17-8-10-21-14-22-17)25-11-4-7-16(13-25)27-12-9-18-23-19(28-24-18)15-5-2-1-3-6-15/h1-3,5-6,8,10,14,16H,4,7,9,11-13H2. The van der Waals surface area contributed by atoms with E-state index in [1.807, 2.05) is 30.3 Å². The second-order valence-electron chi connectivity index (χ2n) is 6.61. The van der Waals surface area contributed by atoms with Gasteiger partial charge in [0.15, 0.2) is 5.82 Å². The number of hydrogen-bond acceptors (Lipinski definition) is 7. The van der Waals surface area contributed by atoms with Crippen LogP contribution in [0.3, 0.4) is 0 Å². The molecule has 1 atom stereocenters. The zero-order valence-corrected chi connectivity index (χ0v) is 15.4. The lowest BCUT2D eigenvalue weighted by molar-refractivity contribution is 0.00231. The van der Waals surface area contributed by atoms with Gasteiger partial charge in [-0.2, -0.15) is 4.98 Å². The van der Waals surface area contributed by atoms with Gasteiger partial charge in [0.1, 0.15) is 12.0 Å². The number of ether oxygens (including phenoxy) is 1. The minimum Gasteiger partial charge on any atom is -0.376 e. The average molecular weight is 379 g/mol. The van der Waals surface area contributed by atoms with E-state index in [-0.39, 0.29) is 12.0 Å². The van der Waals surface area contributed by atoms with Crippen molar-refractivity contribution in [2.45, 2.75) is 25.4 Å². The zero-order valence-electron chi connectivity index (χ0n) is 15.4. The van der Waals surface area contributed by atoms with Crippen LogP contribution < -0.4 is 0 Å². The highest BCUT2D eigenvalue weighted by atomic mass is 16.5. The molecule has 0 radical (unpaired) electrons. The molecule has 1 fully saturated rings.